The van der Waals surface area contributed by atoms with Gasteiger partial charge in [-0.15, -0.1) is 0 Å². The van der Waals surface area contributed by atoms with E-state index in [0.29, 0.717) is 11.5 Å². The summed E-state index contributed by atoms with van der Waals surface area (Å²) in [5.74, 6) is 0.134. The van der Waals surface area contributed by atoms with Crippen LogP contribution < -0.4 is 5.32 Å². The fraction of sp³-hybridized carbons (Fsp3) is 0.273. The van der Waals surface area contributed by atoms with E-state index >= 15 is 0 Å². The van der Waals surface area contributed by atoms with Crippen LogP contribution in [0, 0.1) is 18.3 Å². The van der Waals surface area contributed by atoms with Crippen LogP contribution in [0.4, 0.5) is 5.82 Å². The Labute approximate surface area is 104 Å². The first kappa shape index (κ1) is 11.9. The summed E-state index contributed by atoms with van der Waals surface area (Å²) in [5, 5.41) is 19.3. The molecular formula is C11H12N6O. The number of hydrogen-bond acceptors (Lipinski definition) is 4. The number of aryl methyl sites for hydroxylation is 2. The standard InChI is InChI=1S/C11H12N6O/c1-8-7-9(16(2)14-8)11(18)13-10-3-5-17(15-10)6-4-12/h3,5,7H,6H2,1-2H3,(H,13,15,18). The van der Waals surface area contributed by atoms with Crippen LogP contribution in [0.25, 0.3) is 0 Å². The molecule has 1 N–H and O–H groups in total. The highest BCUT2D eigenvalue weighted by molar-refractivity contribution is 6.02. The Hall–Kier alpha value is -2.62. The smallest absolute Gasteiger partial charge is 0.275 e. The van der Waals surface area contributed by atoms with Crippen LogP contribution in [-0.2, 0) is 13.6 Å². The van der Waals surface area contributed by atoms with E-state index in [1.54, 1.807) is 25.4 Å². The van der Waals surface area contributed by atoms with E-state index in [1.807, 2.05) is 13.0 Å². The summed E-state index contributed by atoms with van der Waals surface area (Å²) in [5.41, 5.74) is 1.24. The number of amides is 1. The van der Waals surface area contributed by atoms with Crippen LogP contribution in [0.2, 0.25) is 0 Å². The summed E-state index contributed by atoms with van der Waals surface area (Å²) in [4.78, 5) is 11.9. The SMILES string of the molecule is Cc1cc(C(=O)Nc2ccn(CC#N)n2)n(C)n1. The monoisotopic (exact) mass is 244 g/mol. The second-order valence-electron chi connectivity index (χ2n) is 3.81. The first-order valence-corrected chi connectivity index (χ1v) is 5.32. The predicted octanol–water partition coefficient (Wildman–Crippen LogP) is 0.701. The second kappa shape index (κ2) is 4.71. The summed E-state index contributed by atoms with van der Waals surface area (Å²) >= 11 is 0. The van der Waals surface area contributed by atoms with Crippen LogP contribution in [-0.4, -0.2) is 25.5 Å². The maximum Gasteiger partial charge on any atom is 0.275 e. The molecule has 0 aliphatic rings. The lowest BCUT2D eigenvalue weighted by Gasteiger charge is -2.01. The molecule has 92 valence electrons. The molecule has 0 aromatic carbocycles. The van der Waals surface area contributed by atoms with Crippen LogP contribution in [0.15, 0.2) is 18.3 Å². The van der Waals surface area contributed by atoms with Crippen molar-refractivity contribution in [3.63, 3.8) is 0 Å². The lowest BCUT2D eigenvalue weighted by molar-refractivity contribution is 0.101. The molecular weight excluding hydrogens is 232 g/mol. The number of nitriles is 1. The number of nitrogens with one attached hydrogen (secondary N) is 1. The highest BCUT2D eigenvalue weighted by atomic mass is 16.2. The molecule has 0 saturated heterocycles. The Bertz CT molecular complexity index is 618. The van der Waals surface area contributed by atoms with Gasteiger partial charge in [-0.3, -0.25) is 14.2 Å². The van der Waals surface area contributed by atoms with Crippen molar-refractivity contribution in [2.24, 2.45) is 7.05 Å². The van der Waals surface area contributed by atoms with Crippen molar-refractivity contribution < 1.29 is 4.79 Å². The van der Waals surface area contributed by atoms with Gasteiger partial charge in [0.15, 0.2) is 5.82 Å². The number of carbonyl (C=O) groups excluding carboxylic acids is 1. The van der Waals surface area contributed by atoms with Crippen molar-refractivity contribution in [1.82, 2.24) is 19.6 Å². The van der Waals surface area contributed by atoms with Gasteiger partial charge in [0.1, 0.15) is 12.2 Å². The summed E-state index contributed by atoms with van der Waals surface area (Å²) in [6.45, 7) is 1.97. The third-order valence-corrected chi connectivity index (χ3v) is 2.35. The number of rotatable bonds is 3. The van der Waals surface area contributed by atoms with Crippen LogP contribution in [0.5, 0.6) is 0 Å². The van der Waals surface area contributed by atoms with Crippen molar-refractivity contribution in [3.05, 3.63) is 29.7 Å². The van der Waals surface area contributed by atoms with Gasteiger partial charge in [-0.2, -0.15) is 15.5 Å². The maximum absolute atomic E-state index is 11.9. The average Bonchev–Trinajstić information content (AvgIpc) is 2.86. The van der Waals surface area contributed by atoms with E-state index in [1.165, 1.54) is 9.36 Å². The summed E-state index contributed by atoms with van der Waals surface area (Å²) < 4.78 is 2.96. The largest absolute Gasteiger partial charge is 0.304 e. The number of aromatic nitrogens is 4. The zero-order valence-electron chi connectivity index (χ0n) is 10.1. The van der Waals surface area contributed by atoms with Gasteiger partial charge in [-0.1, -0.05) is 0 Å². The Morgan fingerprint density at radius 1 is 1.56 bits per heavy atom. The van der Waals surface area contributed by atoms with E-state index in [-0.39, 0.29) is 12.5 Å². The van der Waals surface area contributed by atoms with E-state index < -0.39 is 0 Å². The van der Waals surface area contributed by atoms with Gasteiger partial charge in [0.05, 0.1) is 11.8 Å². The molecule has 0 bridgehead atoms. The third-order valence-electron chi connectivity index (χ3n) is 2.35. The lowest BCUT2D eigenvalue weighted by atomic mass is 10.3. The molecule has 0 spiro atoms. The lowest BCUT2D eigenvalue weighted by Crippen LogP contribution is -2.16. The molecule has 7 nitrogen and oxygen atoms in total. The van der Waals surface area contributed by atoms with E-state index in [9.17, 15) is 4.79 Å². The third kappa shape index (κ3) is 2.38. The highest BCUT2D eigenvalue weighted by Crippen LogP contribution is 2.07. The summed E-state index contributed by atoms with van der Waals surface area (Å²) in [6.07, 6.45) is 1.63. The molecule has 0 unspecified atom stereocenters. The zero-order chi connectivity index (χ0) is 13.1. The van der Waals surface area contributed by atoms with Crippen LogP contribution in [0.1, 0.15) is 16.2 Å². The molecule has 0 fully saturated rings. The quantitative estimate of drug-likeness (QED) is 0.860. The minimum Gasteiger partial charge on any atom is -0.304 e. The van der Waals surface area contributed by atoms with Gasteiger partial charge in [-0.05, 0) is 13.0 Å². The first-order valence-electron chi connectivity index (χ1n) is 5.32. The highest BCUT2D eigenvalue weighted by Gasteiger charge is 2.12. The average molecular weight is 244 g/mol. The van der Waals surface area contributed by atoms with Gasteiger partial charge in [0, 0.05) is 19.3 Å². The fourth-order valence-corrected chi connectivity index (χ4v) is 1.59. The van der Waals surface area contributed by atoms with Crippen LogP contribution >= 0.6 is 0 Å². The number of carbonyl (C=O) groups is 1. The minimum atomic E-state index is -0.277. The topological polar surface area (TPSA) is 88.5 Å². The molecule has 0 saturated carbocycles. The van der Waals surface area contributed by atoms with Crippen molar-refractivity contribution in [1.29, 1.82) is 5.26 Å². The van der Waals surface area contributed by atoms with Gasteiger partial charge in [0.2, 0.25) is 0 Å². The Balaban J connectivity index is 2.11. The van der Waals surface area contributed by atoms with Gasteiger partial charge < -0.3 is 5.32 Å². The minimum absolute atomic E-state index is 0.153. The van der Waals surface area contributed by atoms with E-state index in [4.69, 9.17) is 5.26 Å². The molecule has 2 aromatic heterocycles. The van der Waals surface area contributed by atoms with Crippen molar-refractivity contribution >= 4 is 11.7 Å². The normalized spacial score (nSPS) is 10.1. The number of hydrogen-bond donors (Lipinski definition) is 1. The van der Waals surface area contributed by atoms with Crippen LogP contribution in [0.3, 0.4) is 0 Å². The van der Waals surface area contributed by atoms with Gasteiger partial charge >= 0.3 is 0 Å². The van der Waals surface area contributed by atoms with Crippen molar-refractivity contribution in [2.75, 3.05) is 5.32 Å². The predicted molar refractivity (Wildman–Crippen MR) is 63.7 cm³/mol. The molecule has 7 heteroatoms. The Morgan fingerprint density at radius 3 is 2.94 bits per heavy atom. The fourth-order valence-electron chi connectivity index (χ4n) is 1.59. The van der Waals surface area contributed by atoms with E-state index in [0.717, 1.165) is 5.69 Å². The number of nitrogens with zero attached hydrogens (tertiary/aromatic N) is 5. The second-order valence-corrected chi connectivity index (χ2v) is 3.81. The van der Waals surface area contributed by atoms with E-state index in [2.05, 4.69) is 15.5 Å². The van der Waals surface area contributed by atoms with Crippen molar-refractivity contribution in [2.45, 2.75) is 13.5 Å². The maximum atomic E-state index is 11.9. The summed E-state index contributed by atoms with van der Waals surface area (Å²) in [6, 6.07) is 5.30. The summed E-state index contributed by atoms with van der Waals surface area (Å²) in [7, 11) is 1.70. The molecule has 2 heterocycles. The zero-order valence-corrected chi connectivity index (χ0v) is 10.1. The first-order chi connectivity index (χ1) is 8.60. The molecule has 2 rings (SSSR count). The molecule has 18 heavy (non-hydrogen) atoms. The molecule has 0 atom stereocenters. The van der Waals surface area contributed by atoms with Gasteiger partial charge in [-0.25, -0.2) is 0 Å². The van der Waals surface area contributed by atoms with Crippen molar-refractivity contribution in [3.8, 4) is 6.07 Å². The molecule has 0 radical (unpaired) electrons. The molecule has 0 aliphatic carbocycles. The Morgan fingerprint density at radius 2 is 2.33 bits per heavy atom. The van der Waals surface area contributed by atoms with Gasteiger partial charge in [0.25, 0.3) is 5.91 Å². The Kier molecular flexibility index (Phi) is 3.10. The molecule has 1 amide bonds. The molecule has 0 aliphatic heterocycles. The number of anilines is 1. The molecule has 2 aromatic rings.